The summed E-state index contributed by atoms with van der Waals surface area (Å²) in [4.78, 5) is 0. The second-order valence-corrected chi connectivity index (χ2v) is 4.66. The van der Waals surface area contributed by atoms with Crippen molar-refractivity contribution < 1.29 is 9.13 Å². The SMILES string of the molecule is CC(C)NCCCOCc1ccc(F)cc1Cl. The van der Waals surface area contributed by atoms with E-state index in [0.29, 0.717) is 24.3 Å². The van der Waals surface area contributed by atoms with Crippen LogP contribution in [0.15, 0.2) is 18.2 Å². The quantitative estimate of drug-likeness (QED) is 0.758. The molecule has 0 amide bonds. The van der Waals surface area contributed by atoms with Gasteiger partial charge in [-0.15, -0.1) is 0 Å². The van der Waals surface area contributed by atoms with Crippen molar-refractivity contribution in [3.8, 4) is 0 Å². The first-order chi connectivity index (χ1) is 8.09. The topological polar surface area (TPSA) is 21.3 Å². The summed E-state index contributed by atoms with van der Waals surface area (Å²) in [6.07, 6.45) is 0.955. The Morgan fingerprint density at radius 3 is 2.82 bits per heavy atom. The van der Waals surface area contributed by atoms with Crippen LogP contribution in [0.4, 0.5) is 4.39 Å². The van der Waals surface area contributed by atoms with Crippen molar-refractivity contribution in [3.63, 3.8) is 0 Å². The monoisotopic (exact) mass is 259 g/mol. The molecule has 0 unspecified atom stereocenters. The van der Waals surface area contributed by atoms with Crippen LogP contribution in [0.25, 0.3) is 0 Å². The van der Waals surface area contributed by atoms with Gasteiger partial charge in [0.1, 0.15) is 5.82 Å². The molecule has 1 rings (SSSR count). The predicted molar refractivity (Wildman–Crippen MR) is 68.8 cm³/mol. The number of ether oxygens (including phenoxy) is 1. The molecule has 0 fully saturated rings. The zero-order valence-electron chi connectivity index (χ0n) is 10.3. The van der Waals surface area contributed by atoms with Crippen LogP contribution in [-0.4, -0.2) is 19.2 Å². The van der Waals surface area contributed by atoms with Crippen LogP contribution < -0.4 is 5.32 Å². The highest BCUT2D eigenvalue weighted by Crippen LogP contribution is 2.17. The van der Waals surface area contributed by atoms with Crippen LogP contribution in [0.2, 0.25) is 5.02 Å². The third kappa shape index (κ3) is 6.01. The Morgan fingerprint density at radius 1 is 1.41 bits per heavy atom. The molecular formula is C13H19ClFNO. The van der Waals surface area contributed by atoms with E-state index in [2.05, 4.69) is 19.2 Å². The first kappa shape index (κ1) is 14.4. The van der Waals surface area contributed by atoms with Crippen LogP contribution in [0.3, 0.4) is 0 Å². The Balaban J connectivity index is 2.18. The summed E-state index contributed by atoms with van der Waals surface area (Å²) in [5.74, 6) is -0.320. The van der Waals surface area contributed by atoms with Crippen LogP contribution >= 0.6 is 11.6 Å². The number of nitrogens with one attached hydrogen (secondary N) is 1. The molecule has 0 saturated carbocycles. The molecule has 96 valence electrons. The summed E-state index contributed by atoms with van der Waals surface area (Å²) in [7, 11) is 0. The van der Waals surface area contributed by atoms with Gasteiger partial charge in [-0.25, -0.2) is 4.39 Å². The van der Waals surface area contributed by atoms with Crippen LogP contribution in [0, 0.1) is 5.82 Å². The molecule has 2 nitrogen and oxygen atoms in total. The summed E-state index contributed by atoms with van der Waals surface area (Å²) < 4.78 is 18.3. The van der Waals surface area contributed by atoms with Crippen molar-refractivity contribution in [2.24, 2.45) is 0 Å². The van der Waals surface area contributed by atoms with Gasteiger partial charge in [0, 0.05) is 17.7 Å². The number of rotatable bonds is 7. The lowest BCUT2D eigenvalue weighted by Crippen LogP contribution is -2.24. The van der Waals surface area contributed by atoms with E-state index in [4.69, 9.17) is 16.3 Å². The van der Waals surface area contributed by atoms with Gasteiger partial charge in [-0.1, -0.05) is 31.5 Å². The Hall–Kier alpha value is -0.640. The van der Waals surface area contributed by atoms with Crippen LogP contribution in [-0.2, 0) is 11.3 Å². The van der Waals surface area contributed by atoms with Gasteiger partial charge >= 0.3 is 0 Å². The molecule has 4 heteroatoms. The lowest BCUT2D eigenvalue weighted by molar-refractivity contribution is 0.118. The number of hydrogen-bond donors (Lipinski definition) is 1. The average molecular weight is 260 g/mol. The first-order valence-corrected chi connectivity index (χ1v) is 6.22. The molecule has 0 aliphatic rings. The van der Waals surface area contributed by atoms with Crippen molar-refractivity contribution in [1.29, 1.82) is 0 Å². The first-order valence-electron chi connectivity index (χ1n) is 5.84. The molecule has 1 aromatic rings. The highest BCUT2D eigenvalue weighted by atomic mass is 35.5. The molecule has 0 bridgehead atoms. The molecular weight excluding hydrogens is 241 g/mol. The fourth-order valence-corrected chi connectivity index (χ4v) is 1.61. The Morgan fingerprint density at radius 2 is 2.18 bits per heavy atom. The largest absolute Gasteiger partial charge is 0.377 e. The summed E-state index contributed by atoms with van der Waals surface area (Å²) >= 11 is 5.88. The Labute approximate surface area is 107 Å². The highest BCUT2D eigenvalue weighted by Gasteiger charge is 2.01. The van der Waals surface area contributed by atoms with Gasteiger partial charge in [0.15, 0.2) is 0 Å². The number of hydrogen-bond acceptors (Lipinski definition) is 2. The van der Waals surface area contributed by atoms with Crippen molar-refractivity contribution in [1.82, 2.24) is 5.32 Å². The van der Waals surface area contributed by atoms with E-state index in [1.807, 2.05) is 0 Å². The van der Waals surface area contributed by atoms with Crippen LogP contribution in [0.1, 0.15) is 25.8 Å². The molecule has 0 atom stereocenters. The molecule has 0 aromatic heterocycles. The predicted octanol–water partition coefficient (Wildman–Crippen LogP) is 3.38. The molecule has 0 heterocycles. The zero-order valence-corrected chi connectivity index (χ0v) is 11.1. The van der Waals surface area contributed by atoms with E-state index in [-0.39, 0.29) is 5.82 Å². The average Bonchev–Trinajstić information content (AvgIpc) is 2.25. The second-order valence-electron chi connectivity index (χ2n) is 4.25. The summed E-state index contributed by atoms with van der Waals surface area (Å²) in [6.45, 7) is 6.27. The maximum atomic E-state index is 12.8. The fraction of sp³-hybridized carbons (Fsp3) is 0.538. The van der Waals surface area contributed by atoms with Gasteiger partial charge in [0.25, 0.3) is 0 Å². The molecule has 0 spiro atoms. The lowest BCUT2D eigenvalue weighted by atomic mass is 10.2. The number of halogens is 2. The maximum Gasteiger partial charge on any atom is 0.124 e. The summed E-state index contributed by atoms with van der Waals surface area (Å²) in [6, 6.07) is 4.86. The van der Waals surface area contributed by atoms with Gasteiger partial charge in [0.05, 0.1) is 6.61 Å². The van der Waals surface area contributed by atoms with Gasteiger partial charge in [0.2, 0.25) is 0 Å². The minimum Gasteiger partial charge on any atom is -0.377 e. The van der Waals surface area contributed by atoms with Crippen LogP contribution in [0.5, 0.6) is 0 Å². The molecule has 1 aromatic carbocycles. The zero-order chi connectivity index (χ0) is 12.7. The Kier molecular flexibility index (Phi) is 6.48. The van der Waals surface area contributed by atoms with E-state index in [1.165, 1.54) is 12.1 Å². The molecule has 0 aliphatic heterocycles. The summed E-state index contributed by atoms with van der Waals surface area (Å²) in [5.41, 5.74) is 0.824. The molecule has 1 N–H and O–H groups in total. The van der Waals surface area contributed by atoms with Crippen molar-refractivity contribution in [3.05, 3.63) is 34.6 Å². The second kappa shape index (κ2) is 7.64. The minimum atomic E-state index is -0.320. The van der Waals surface area contributed by atoms with Gasteiger partial charge in [-0.2, -0.15) is 0 Å². The van der Waals surface area contributed by atoms with Gasteiger partial charge < -0.3 is 10.1 Å². The number of benzene rings is 1. The fourth-order valence-electron chi connectivity index (χ4n) is 1.39. The van der Waals surface area contributed by atoms with Gasteiger partial charge in [-0.3, -0.25) is 0 Å². The Bertz CT molecular complexity index is 344. The van der Waals surface area contributed by atoms with E-state index < -0.39 is 0 Å². The van der Waals surface area contributed by atoms with Crippen molar-refractivity contribution >= 4 is 11.6 Å². The molecule has 17 heavy (non-hydrogen) atoms. The van der Waals surface area contributed by atoms with Gasteiger partial charge in [-0.05, 0) is 30.7 Å². The van der Waals surface area contributed by atoms with E-state index >= 15 is 0 Å². The van der Waals surface area contributed by atoms with E-state index in [9.17, 15) is 4.39 Å². The van der Waals surface area contributed by atoms with E-state index in [1.54, 1.807) is 6.07 Å². The standard InChI is InChI=1S/C13H19ClFNO/c1-10(2)16-6-3-7-17-9-11-4-5-12(15)8-13(11)14/h4-5,8,10,16H,3,6-7,9H2,1-2H3. The summed E-state index contributed by atoms with van der Waals surface area (Å²) in [5, 5.41) is 3.73. The lowest BCUT2D eigenvalue weighted by Gasteiger charge is -2.09. The third-order valence-electron chi connectivity index (χ3n) is 2.29. The van der Waals surface area contributed by atoms with E-state index in [0.717, 1.165) is 18.5 Å². The molecule has 0 radical (unpaired) electrons. The third-order valence-corrected chi connectivity index (χ3v) is 2.64. The minimum absolute atomic E-state index is 0.320. The molecule has 0 saturated heterocycles. The normalized spacial score (nSPS) is 11.1. The molecule has 0 aliphatic carbocycles. The smallest absolute Gasteiger partial charge is 0.124 e. The highest BCUT2D eigenvalue weighted by molar-refractivity contribution is 6.31. The maximum absolute atomic E-state index is 12.8. The van der Waals surface area contributed by atoms with Crippen molar-refractivity contribution in [2.45, 2.75) is 32.9 Å². The van der Waals surface area contributed by atoms with Crippen molar-refractivity contribution in [2.75, 3.05) is 13.2 Å².